The first-order valence-corrected chi connectivity index (χ1v) is 7.39. The van der Waals surface area contributed by atoms with Crippen LogP contribution in [0.25, 0.3) is 0 Å². The van der Waals surface area contributed by atoms with E-state index in [2.05, 4.69) is 15.3 Å². The quantitative estimate of drug-likeness (QED) is 0.769. The molecular weight excluding hydrogens is 256 g/mol. The minimum atomic E-state index is -0.0310. The number of carbonyl (C=O) groups excluding carboxylic acids is 1. The van der Waals surface area contributed by atoms with Gasteiger partial charge in [-0.1, -0.05) is 0 Å². The molecule has 0 aromatic carbocycles. The van der Waals surface area contributed by atoms with Crippen LogP contribution in [0.2, 0.25) is 0 Å². The molecule has 6 nitrogen and oxygen atoms in total. The number of aromatic amines is 1. The zero-order valence-electron chi connectivity index (χ0n) is 12.0. The van der Waals surface area contributed by atoms with Gasteiger partial charge in [0.05, 0.1) is 6.04 Å². The van der Waals surface area contributed by atoms with Gasteiger partial charge in [0, 0.05) is 31.6 Å². The van der Waals surface area contributed by atoms with Gasteiger partial charge in [-0.05, 0) is 39.0 Å². The van der Waals surface area contributed by atoms with Gasteiger partial charge in [-0.2, -0.15) is 0 Å². The largest absolute Gasteiger partial charge is 0.396 e. The summed E-state index contributed by atoms with van der Waals surface area (Å²) >= 11 is 0. The molecule has 1 aromatic rings. The Labute approximate surface area is 119 Å². The molecule has 0 radical (unpaired) electrons. The average molecular weight is 280 g/mol. The van der Waals surface area contributed by atoms with Crippen molar-refractivity contribution in [2.24, 2.45) is 0 Å². The minimum Gasteiger partial charge on any atom is -0.396 e. The van der Waals surface area contributed by atoms with Crippen LogP contribution >= 0.6 is 0 Å². The molecule has 2 atom stereocenters. The summed E-state index contributed by atoms with van der Waals surface area (Å²) in [6, 6.07) is 0.0918. The lowest BCUT2D eigenvalue weighted by Gasteiger charge is -2.35. The van der Waals surface area contributed by atoms with Crippen molar-refractivity contribution in [2.75, 3.05) is 13.2 Å². The van der Waals surface area contributed by atoms with E-state index in [4.69, 9.17) is 5.11 Å². The lowest BCUT2D eigenvalue weighted by molar-refractivity contribution is 0.144. The molecule has 1 aromatic heterocycles. The molecule has 112 valence electrons. The number of nitrogens with one attached hydrogen (secondary N) is 2. The summed E-state index contributed by atoms with van der Waals surface area (Å²) in [4.78, 5) is 21.7. The van der Waals surface area contributed by atoms with E-state index in [9.17, 15) is 4.79 Å². The maximum Gasteiger partial charge on any atom is 0.318 e. The van der Waals surface area contributed by atoms with Crippen molar-refractivity contribution in [1.29, 1.82) is 0 Å². The van der Waals surface area contributed by atoms with Crippen molar-refractivity contribution in [3.8, 4) is 0 Å². The molecule has 3 N–H and O–H groups in total. The zero-order valence-corrected chi connectivity index (χ0v) is 12.0. The highest BCUT2D eigenvalue weighted by Crippen LogP contribution is 2.28. The molecule has 1 saturated heterocycles. The molecule has 1 fully saturated rings. The Morgan fingerprint density at radius 3 is 3.20 bits per heavy atom. The van der Waals surface area contributed by atoms with Gasteiger partial charge in [0.1, 0.15) is 5.82 Å². The van der Waals surface area contributed by atoms with Gasteiger partial charge in [-0.15, -0.1) is 0 Å². The minimum absolute atomic E-state index is 0.0310. The summed E-state index contributed by atoms with van der Waals surface area (Å²) in [7, 11) is 0. The third-order valence-corrected chi connectivity index (χ3v) is 3.76. The van der Waals surface area contributed by atoms with Gasteiger partial charge < -0.3 is 20.3 Å². The number of likely N-dealkylation sites (tertiary alicyclic amines) is 1. The highest BCUT2D eigenvalue weighted by molar-refractivity contribution is 5.75. The van der Waals surface area contributed by atoms with Crippen LogP contribution in [-0.2, 0) is 0 Å². The van der Waals surface area contributed by atoms with Crippen LogP contribution in [0, 0.1) is 0 Å². The van der Waals surface area contributed by atoms with E-state index in [0.29, 0.717) is 6.42 Å². The molecule has 0 saturated carbocycles. The third-order valence-electron chi connectivity index (χ3n) is 3.76. The molecule has 0 bridgehead atoms. The lowest BCUT2D eigenvalue weighted by Crippen LogP contribution is -2.47. The number of hydrogen-bond donors (Lipinski definition) is 3. The number of carbonyl (C=O) groups is 1. The van der Waals surface area contributed by atoms with E-state index < -0.39 is 0 Å². The monoisotopic (exact) mass is 280 g/mol. The second-order valence-corrected chi connectivity index (χ2v) is 5.40. The number of H-pyrrole nitrogens is 1. The Balaban J connectivity index is 1.95. The van der Waals surface area contributed by atoms with Crippen LogP contribution in [0.3, 0.4) is 0 Å². The number of aliphatic hydroxyl groups excluding tert-OH is 1. The van der Waals surface area contributed by atoms with Gasteiger partial charge in [-0.3, -0.25) is 0 Å². The van der Waals surface area contributed by atoms with Crippen molar-refractivity contribution in [3.05, 3.63) is 18.2 Å². The lowest BCUT2D eigenvalue weighted by atomic mass is 10.0. The second-order valence-electron chi connectivity index (χ2n) is 5.40. The molecule has 0 aliphatic carbocycles. The van der Waals surface area contributed by atoms with Crippen LogP contribution in [0.15, 0.2) is 12.4 Å². The second kappa shape index (κ2) is 7.28. The van der Waals surface area contributed by atoms with E-state index >= 15 is 0 Å². The van der Waals surface area contributed by atoms with E-state index in [1.807, 2.05) is 11.8 Å². The summed E-state index contributed by atoms with van der Waals surface area (Å²) in [5.41, 5.74) is 0. The fourth-order valence-corrected chi connectivity index (χ4v) is 2.68. The van der Waals surface area contributed by atoms with Gasteiger partial charge in [0.2, 0.25) is 0 Å². The highest BCUT2D eigenvalue weighted by atomic mass is 16.3. The molecule has 1 aliphatic heterocycles. The zero-order chi connectivity index (χ0) is 14.4. The first-order valence-electron chi connectivity index (χ1n) is 7.39. The maximum absolute atomic E-state index is 12.4. The highest BCUT2D eigenvalue weighted by Gasteiger charge is 2.29. The fourth-order valence-electron chi connectivity index (χ4n) is 2.68. The summed E-state index contributed by atoms with van der Waals surface area (Å²) in [5, 5.41) is 11.8. The number of nitrogens with zero attached hydrogens (tertiary/aromatic N) is 2. The Morgan fingerprint density at radius 1 is 1.65 bits per heavy atom. The predicted octanol–water partition coefficient (Wildman–Crippen LogP) is 1.81. The molecule has 1 aliphatic rings. The average Bonchev–Trinajstić information content (AvgIpc) is 2.99. The van der Waals surface area contributed by atoms with Crippen molar-refractivity contribution in [3.63, 3.8) is 0 Å². The number of aromatic nitrogens is 2. The van der Waals surface area contributed by atoms with Crippen LogP contribution < -0.4 is 5.32 Å². The predicted molar refractivity (Wildman–Crippen MR) is 76.2 cm³/mol. The normalized spacial score (nSPS) is 20.7. The van der Waals surface area contributed by atoms with Crippen molar-refractivity contribution in [1.82, 2.24) is 20.2 Å². The molecule has 2 amide bonds. The standard InChI is InChI=1S/C14H24N4O2/c1-11(5-4-10-19)17-14(20)18-9-3-2-6-12(18)13-15-7-8-16-13/h7-8,11-12,19H,2-6,9-10H2,1H3,(H,15,16)(H,17,20). The third kappa shape index (κ3) is 3.72. The Morgan fingerprint density at radius 2 is 2.50 bits per heavy atom. The number of urea groups is 1. The molecular formula is C14H24N4O2. The van der Waals surface area contributed by atoms with Crippen LogP contribution in [0.1, 0.15) is 50.9 Å². The smallest absolute Gasteiger partial charge is 0.318 e. The number of aliphatic hydroxyl groups is 1. The van der Waals surface area contributed by atoms with Crippen LogP contribution in [-0.4, -0.2) is 45.2 Å². The van der Waals surface area contributed by atoms with E-state index in [-0.39, 0.29) is 24.7 Å². The summed E-state index contributed by atoms with van der Waals surface area (Å²) in [5.74, 6) is 0.864. The van der Waals surface area contributed by atoms with E-state index in [1.165, 1.54) is 0 Å². The summed E-state index contributed by atoms with van der Waals surface area (Å²) in [6.07, 6.45) is 8.13. The Kier molecular flexibility index (Phi) is 5.40. The molecule has 20 heavy (non-hydrogen) atoms. The maximum atomic E-state index is 12.4. The number of hydrogen-bond acceptors (Lipinski definition) is 3. The number of piperidine rings is 1. The van der Waals surface area contributed by atoms with E-state index in [1.54, 1.807) is 12.4 Å². The van der Waals surface area contributed by atoms with Crippen LogP contribution in [0.4, 0.5) is 4.79 Å². The number of amides is 2. The topological polar surface area (TPSA) is 81.2 Å². The van der Waals surface area contributed by atoms with Crippen molar-refractivity contribution >= 4 is 6.03 Å². The fraction of sp³-hybridized carbons (Fsp3) is 0.714. The summed E-state index contributed by atoms with van der Waals surface area (Å²) < 4.78 is 0. The SMILES string of the molecule is CC(CCCO)NC(=O)N1CCCCC1c1ncc[nH]1. The van der Waals surface area contributed by atoms with Crippen molar-refractivity contribution < 1.29 is 9.90 Å². The van der Waals surface area contributed by atoms with Gasteiger partial charge in [0.15, 0.2) is 0 Å². The van der Waals surface area contributed by atoms with Crippen LogP contribution in [0.5, 0.6) is 0 Å². The van der Waals surface area contributed by atoms with Gasteiger partial charge in [-0.25, -0.2) is 9.78 Å². The molecule has 2 rings (SSSR count). The Bertz CT molecular complexity index is 407. The number of imidazole rings is 1. The van der Waals surface area contributed by atoms with Gasteiger partial charge >= 0.3 is 6.03 Å². The van der Waals surface area contributed by atoms with Crippen molar-refractivity contribution in [2.45, 2.75) is 51.1 Å². The molecule has 2 unspecified atom stereocenters. The summed E-state index contributed by atoms with van der Waals surface area (Å²) in [6.45, 7) is 2.91. The molecule has 6 heteroatoms. The number of rotatable bonds is 5. The van der Waals surface area contributed by atoms with E-state index in [0.717, 1.165) is 38.1 Å². The Hall–Kier alpha value is -1.56. The first kappa shape index (κ1) is 14.8. The first-order chi connectivity index (χ1) is 9.72. The molecule has 0 spiro atoms. The van der Waals surface area contributed by atoms with Gasteiger partial charge in [0.25, 0.3) is 0 Å². The molecule has 2 heterocycles.